The van der Waals surface area contributed by atoms with Crippen LogP contribution in [-0.2, 0) is 0 Å². The maximum absolute atomic E-state index is 2.48. The van der Waals surface area contributed by atoms with Gasteiger partial charge >= 0.3 is 77.7 Å². The van der Waals surface area contributed by atoms with Crippen LogP contribution in [0.4, 0.5) is 0 Å². The third-order valence-corrected chi connectivity index (χ3v) is 6.28. The van der Waals surface area contributed by atoms with Gasteiger partial charge in [-0.1, -0.05) is 0 Å². The molecule has 40 valence electrons. The summed E-state index contributed by atoms with van der Waals surface area (Å²) in [6, 6.07) is 0. The van der Waals surface area contributed by atoms with Crippen molar-refractivity contribution in [3.63, 3.8) is 0 Å². The summed E-state index contributed by atoms with van der Waals surface area (Å²) in [6.45, 7) is 2.26. The molecule has 0 rings (SSSR count). The summed E-state index contributed by atoms with van der Waals surface area (Å²) in [4.78, 5) is 0. The molecule has 0 radical (unpaired) electrons. The number of halogens is 3. The van der Waals surface area contributed by atoms with Crippen LogP contribution in [0.15, 0.2) is 0 Å². The molecule has 0 aromatic carbocycles. The Bertz CT molecular complexity index is 27.2. The Morgan fingerprint density at radius 2 is 2.17 bits per heavy atom. The van der Waals surface area contributed by atoms with Gasteiger partial charge in [0.15, 0.2) is 0 Å². The average molecular weight is 423 g/mol. The fourth-order valence-corrected chi connectivity index (χ4v) is 5.25. The standard InChI is InChI=1S/C3H6I3/c1-2-6-3(4)5/h3H,2H2,1H3/q-1. The molecule has 0 atom stereocenters. The van der Waals surface area contributed by atoms with E-state index in [-0.39, 0.29) is 0 Å². The maximum atomic E-state index is 2.48. The van der Waals surface area contributed by atoms with Gasteiger partial charge in [-0.05, 0) is 0 Å². The minimum absolute atomic E-state index is 0.542. The van der Waals surface area contributed by atoms with Gasteiger partial charge in [-0.25, -0.2) is 0 Å². The molecule has 0 heterocycles. The van der Waals surface area contributed by atoms with E-state index < -0.39 is 0 Å². The van der Waals surface area contributed by atoms with Gasteiger partial charge in [-0.2, -0.15) is 0 Å². The quantitative estimate of drug-likeness (QED) is 0.406. The fourth-order valence-electron chi connectivity index (χ4n) is 0.117. The Hall–Kier alpha value is 2.19. The fraction of sp³-hybridized carbons (Fsp3) is 1.00. The van der Waals surface area contributed by atoms with Crippen molar-refractivity contribution in [2.75, 3.05) is 4.43 Å². The Morgan fingerprint density at radius 1 is 1.67 bits per heavy atom. The van der Waals surface area contributed by atoms with E-state index in [9.17, 15) is 0 Å². The SMILES string of the molecule is CC[I-]C(I)I. The molecule has 0 saturated heterocycles. The molecule has 0 aromatic rings. The van der Waals surface area contributed by atoms with Gasteiger partial charge in [-0.15, -0.1) is 0 Å². The monoisotopic (exact) mass is 423 g/mol. The number of alkyl halides is 4. The summed E-state index contributed by atoms with van der Waals surface area (Å²) >= 11 is 5.50. The summed E-state index contributed by atoms with van der Waals surface area (Å²) in [5.41, 5.74) is 0. The van der Waals surface area contributed by atoms with E-state index in [1.165, 1.54) is 4.43 Å². The number of rotatable bonds is 2. The second kappa shape index (κ2) is 5.33. The van der Waals surface area contributed by atoms with E-state index in [4.69, 9.17) is 0 Å². The summed E-state index contributed by atoms with van der Waals surface area (Å²) in [5.74, 6) is 0. The van der Waals surface area contributed by atoms with E-state index in [1.807, 2.05) is 0 Å². The van der Waals surface area contributed by atoms with Crippen LogP contribution in [-0.4, -0.2) is 4.37 Å². The first-order valence-corrected chi connectivity index (χ1v) is 6.89. The first-order valence-electron chi connectivity index (χ1n) is 1.63. The topological polar surface area (TPSA) is 0 Å². The third-order valence-electron chi connectivity index (χ3n) is 0.271. The van der Waals surface area contributed by atoms with E-state index in [0.29, 0.717) is 21.2 Å². The van der Waals surface area contributed by atoms with Crippen LogP contribution in [0.2, 0.25) is 0 Å². The minimum atomic E-state index is 0.542. The molecule has 0 fully saturated rings. The molecule has 0 saturated carbocycles. The van der Waals surface area contributed by atoms with Gasteiger partial charge in [-0.3, -0.25) is 0 Å². The molecule has 0 bridgehead atoms. The molecular weight excluding hydrogens is 417 g/mol. The van der Waals surface area contributed by atoms with Crippen LogP contribution < -0.4 is 21.2 Å². The number of hydrogen-bond acceptors (Lipinski definition) is 0. The van der Waals surface area contributed by atoms with Crippen molar-refractivity contribution >= 4 is 45.2 Å². The Balaban J connectivity index is 2.63. The molecular formula is C3H6I3-. The zero-order chi connectivity index (χ0) is 4.99. The molecule has 0 aliphatic rings. The van der Waals surface area contributed by atoms with Crippen LogP contribution in [0.1, 0.15) is 6.92 Å². The van der Waals surface area contributed by atoms with Gasteiger partial charge in [0, 0.05) is 0 Å². The predicted molar refractivity (Wildman–Crippen MR) is 42.4 cm³/mol. The van der Waals surface area contributed by atoms with Gasteiger partial charge in [0.2, 0.25) is 0 Å². The van der Waals surface area contributed by atoms with Gasteiger partial charge in [0.1, 0.15) is 0 Å². The summed E-state index contributed by atoms with van der Waals surface area (Å²) in [7, 11) is 0. The first-order chi connectivity index (χ1) is 2.77. The second-order valence-electron chi connectivity index (χ2n) is 0.669. The Morgan fingerprint density at radius 3 is 2.17 bits per heavy atom. The molecule has 0 aliphatic carbocycles. The van der Waals surface area contributed by atoms with E-state index in [0.717, 1.165) is -0.0619 Å². The summed E-state index contributed by atoms with van der Waals surface area (Å²) in [5, 5.41) is 0. The van der Waals surface area contributed by atoms with Crippen molar-refractivity contribution in [2.24, 2.45) is 0 Å². The molecule has 0 spiro atoms. The average Bonchev–Trinajstić information content (AvgIpc) is 1.35. The Labute approximate surface area is 76.4 Å². The van der Waals surface area contributed by atoms with E-state index in [2.05, 4.69) is 52.1 Å². The van der Waals surface area contributed by atoms with E-state index >= 15 is 0 Å². The van der Waals surface area contributed by atoms with Crippen LogP contribution in [0.3, 0.4) is 0 Å². The van der Waals surface area contributed by atoms with Crippen molar-refractivity contribution in [1.29, 1.82) is 0 Å². The molecule has 0 unspecified atom stereocenters. The van der Waals surface area contributed by atoms with Crippen molar-refractivity contribution in [1.82, 2.24) is 0 Å². The van der Waals surface area contributed by atoms with Crippen LogP contribution in [0.5, 0.6) is 0 Å². The summed E-state index contributed by atoms with van der Waals surface area (Å²) in [6.07, 6.45) is 0. The molecule has 0 nitrogen and oxygen atoms in total. The summed E-state index contributed by atoms with van der Waals surface area (Å²) < 4.78 is 2.37. The zero-order valence-electron chi connectivity index (χ0n) is 3.42. The molecule has 0 N–H and O–H groups in total. The van der Waals surface area contributed by atoms with Crippen molar-refractivity contribution in [3.05, 3.63) is 0 Å². The van der Waals surface area contributed by atoms with Crippen LogP contribution in [0, 0.1) is 0 Å². The van der Waals surface area contributed by atoms with Crippen molar-refractivity contribution in [3.8, 4) is 0 Å². The molecule has 0 aliphatic heterocycles. The van der Waals surface area contributed by atoms with Gasteiger partial charge in [0.05, 0.1) is 0 Å². The van der Waals surface area contributed by atoms with Crippen LogP contribution in [0.25, 0.3) is 0 Å². The Kier molecular flexibility index (Phi) is 7.27. The predicted octanol–water partition coefficient (Wildman–Crippen LogP) is -0.751. The second-order valence-corrected chi connectivity index (χ2v) is 14.0. The molecule has 0 amide bonds. The zero-order valence-corrected chi connectivity index (χ0v) is 9.89. The van der Waals surface area contributed by atoms with Crippen LogP contribution >= 0.6 is 45.2 Å². The third kappa shape index (κ3) is 6.19. The van der Waals surface area contributed by atoms with Crippen molar-refractivity contribution < 1.29 is 21.2 Å². The number of hydrogen-bond donors (Lipinski definition) is 0. The van der Waals surface area contributed by atoms with E-state index in [1.54, 1.807) is 0 Å². The molecule has 6 heavy (non-hydrogen) atoms. The van der Waals surface area contributed by atoms with Gasteiger partial charge in [0.25, 0.3) is 0 Å². The molecule has 3 heteroatoms. The molecule has 0 aromatic heterocycles. The van der Waals surface area contributed by atoms with Gasteiger partial charge < -0.3 is 0 Å². The van der Waals surface area contributed by atoms with Crippen molar-refractivity contribution in [2.45, 2.75) is 6.86 Å². The normalized spacial score (nSPS) is 10.7. The first kappa shape index (κ1) is 8.19.